The summed E-state index contributed by atoms with van der Waals surface area (Å²) < 4.78 is 6.18. The van der Waals surface area contributed by atoms with Crippen molar-refractivity contribution in [3.63, 3.8) is 0 Å². The minimum absolute atomic E-state index is 0.779. The quantitative estimate of drug-likeness (QED) is 0.201. The topological polar surface area (TPSA) is 9.23 Å². The third-order valence-corrected chi connectivity index (χ3v) is 9.40. The van der Waals surface area contributed by atoms with Crippen molar-refractivity contribution in [2.45, 2.75) is 155 Å². The molecule has 2 saturated carbocycles. The van der Waals surface area contributed by atoms with Crippen molar-refractivity contribution < 1.29 is 4.74 Å². The molecule has 0 aromatic heterocycles. The van der Waals surface area contributed by atoms with E-state index >= 15 is 0 Å². The molecule has 0 amide bonds. The summed E-state index contributed by atoms with van der Waals surface area (Å²) in [4.78, 5) is 0. The molecule has 1 aromatic carbocycles. The van der Waals surface area contributed by atoms with Gasteiger partial charge >= 0.3 is 0 Å². The van der Waals surface area contributed by atoms with Crippen LogP contribution in [0.4, 0.5) is 0 Å². The Morgan fingerprint density at radius 3 is 1.83 bits per heavy atom. The fourth-order valence-electron chi connectivity index (χ4n) is 7.07. The van der Waals surface area contributed by atoms with Gasteiger partial charge in [-0.15, -0.1) is 0 Å². The van der Waals surface area contributed by atoms with Crippen LogP contribution in [0.2, 0.25) is 0 Å². The van der Waals surface area contributed by atoms with Crippen LogP contribution < -0.4 is 4.74 Å². The van der Waals surface area contributed by atoms with Crippen LogP contribution in [0.15, 0.2) is 24.3 Å². The van der Waals surface area contributed by atoms with Gasteiger partial charge in [0.1, 0.15) is 5.75 Å². The Bertz CT molecular complexity index is 626. The first-order chi connectivity index (χ1) is 17.3. The molecule has 2 aliphatic rings. The van der Waals surface area contributed by atoms with Crippen molar-refractivity contribution in [3.05, 3.63) is 29.8 Å². The van der Waals surface area contributed by atoms with Gasteiger partial charge in [-0.2, -0.15) is 0 Å². The Hall–Kier alpha value is -0.980. The summed E-state index contributed by atoms with van der Waals surface area (Å²) in [5, 5.41) is 0. The lowest BCUT2D eigenvalue weighted by atomic mass is 9.74. The van der Waals surface area contributed by atoms with Gasteiger partial charge < -0.3 is 4.74 Å². The van der Waals surface area contributed by atoms with Gasteiger partial charge in [-0.05, 0) is 79.9 Å². The Morgan fingerprint density at radius 2 is 1.17 bits per heavy atom. The van der Waals surface area contributed by atoms with Crippen LogP contribution in [-0.4, -0.2) is 6.61 Å². The first kappa shape index (κ1) is 28.6. The van der Waals surface area contributed by atoms with Crippen molar-refractivity contribution in [3.8, 4) is 5.75 Å². The first-order valence-electron chi connectivity index (χ1n) is 16.0. The molecule has 0 spiro atoms. The highest BCUT2D eigenvalue weighted by Crippen LogP contribution is 2.39. The minimum Gasteiger partial charge on any atom is -0.494 e. The molecule has 0 heterocycles. The van der Waals surface area contributed by atoms with Gasteiger partial charge in [0.25, 0.3) is 0 Å². The van der Waals surface area contributed by atoms with E-state index in [2.05, 4.69) is 38.1 Å². The summed E-state index contributed by atoms with van der Waals surface area (Å²) >= 11 is 0. The van der Waals surface area contributed by atoms with E-state index in [4.69, 9.17) is 4.74 Å². The molecule has 200 valence electrons. The minimum atomic E-state index is 0.779. The average Bonchev–Trinajstić information content (AvgIpc) is 2.90. The van der Waals surface area contributed by atoms with E-state index < -0.39 is 0 Å². The zero-order valence-electron chi connectivity index (χ0n) is 23.6. The summed E-state index contributed by atoms with van der Waals surface area (Å²) in [5.41, 5.74) is 1.55. The van der Waals surface area contributed by atoms with Crippen molar-refractivity contribution in [2.24, 2.45) is 17.8 Å². The normalized spacial score (nSPS) is 25.0. The maximum absolute atomic E-state index is 6.18. The predicted octanol–water partition coefficient (Wildman–Crippen LogP) is 11.3. The van der Waals surface area contributed by atoms with Crippen LogP contribution in [0.25, 0.3) is 0 Å². The summed E-state index contributed by atoms with van der Waals surface area (Å²) in [6.45, 7) is 5.52. The molecule has 3 rings (SSSR count). The number of rotatable bonds is 17. The number of unbranched alkanes of at least 4 members (excludes halogenated alkanes) is 7. The molecule has 1 aromatic rings. The molecule has 0 bridgehead atoms. The van der Waals surface area contributed by atoms with E-state index in [1.165, 1.54) is 135 Å². The van der Waals surface area contributed by atoms with Crippen LogP contribution >= 0.6 is 0 Å². The standard InChI is InChI=1S/C34H58O/c1-3-5-7-9-11-16-30-17-12-13-18-31(30)19-14-28-35-34-26-24-33(25-27-34)32-22-20-29(21-23-32)15-10-8-6-4-2/h24-27,29-32H,3-23,28H2,1-2H3. The van der Waals surface area contributed by atoms with E-state index in [-0.39, 0.29) is 0 Å². The fraction of sp³-hybridized carbons (Fsp3) is 0.824. The smallest absolute Gasteiger partial charge is 0.119 e. The van der Waals surface area contributed by atoms with E-state index in [1.807, 2.05) is 0 Å². The zero-order valence-corrected chi connectivity index (χ0v) is 23.6. The monoisotopic (exact) mass is 482 g/mol. The second-order valence-electron chi connectivity index (χ2n) is 12.1. The Kier molecular flexibility index (Phi) is 14.3. The lowest BCUT2D eigenvalue weighted by molar-refractivity contribution is 0.190. The van der Waals surface area contributed by atoms with Gasteiger partial charge in [-0.1, -0.05) is 122 Å². The molecular weight excluding hydrogens is 424 g/mol. The largest absolute Gasteiger partial charge is 0.494 e. The molecule has 2 atom stereocenters. The molecule has 2 fully saturated rings. The summed E-state index contributed by atoms with van der Waals surface area (Å²) in [7, 11) is 0. The third kappa shape index (κ3) is 10.9. The van der Waals surface area contributed by atoms with Crippen LogP contribution in [0.3, 0.4) is 0 Å². The van der Waals surface area contributed by atoms with Crippen LogP contribution in [0.5, 0.6) is 5.75 Å². The zero-order chi connectivity index (χ0) is 24.6. The van der Waals surface area contributed by atoms with Gasteiger partial charge in [-0.25, -0.2) is 0 Å². The van der Waals surface area contributed by atoms with Gasteiger partial charge in [0.2, 0.25) is 0 Å². The molecule has 35 heavy (non-hydrogen) atoms. The van der Waals surface area contributed by atoms with E-state index in [0.717, 1.165) is 36.0 Å². The van der Waals surface area contributed by atoms with Crippen molar-refractivity contribution in [2.75, 3.05) is 6.61 Å². The third-order valence-electron chi connectivity index (χ3n) is 9.40. The summed E-state index contributed by atoms with van der Waals surface area (Å²) in [6, 6.07) is 9.20. The SMILES string of the molecule is CCCCCCCC1CCCCC1CCCOc1ccc(C2CCC(CCCCCC)CC2)cc1. The van der Waals surface area contributed by atoms with E-state index in [9.17, 15) is 0 Å². The number of hydrogen-bond acceptors (Lipinski definition) is 1. The number of hydrogen-bond donors (Lipinski definition) is 0. The Labute approximate surface area is 219 Å². The predicted molar refractivity (Wildman–Crippen MR) is 153 cm³/mol. The lowest BCUT2D eigenvalue weighted by Gasteiger charge is -2.32. The maximum Gasteiger partial charge on any atom is 0.119 e. The van der Waals surface area contributed by atoms with Crippen LogP contribution in [-0.2, 0) is 0 Å². The molecule has 2 unspecified atom stereocenters. The van der Waals surface area contributed by atoms with Crippen molar-refractivity contribution in [1.29, 1.82) is 0 Å². The summed E-state index contributed by atoms with van der Waals surface area (Å²) in [6.07, 6.45) is 29.9. The molecule has 1 nitrogen and oxygen atoms in total. The highest BCUT2D eigenvalue weighted by molar-refractivity contribution is 5.29. The van der Waals surface area contributed by atoms with E-state index in [1.54, 1.807) is 5.56 Å². The van der Waals surface area contributed by atoms with Gasteiger partial charge in [0.05, 0.1) is 6.61 Å². The highest BCUT2D eigenvalue weighted by atomic mass is 16.5. The first-order valence-corrected chi connectivity index (χ1v) is 16.0. The molecule has 1 heteroatoms. The Morgan fingerprint density at radius 1 is 0.600 bits per heavy atom. The number of ether oxygens (including phenoxy) is 1. The highest BCUT2D eigenvalue weighted by Gasteiger charge is 2.24. The summed E-state index contributed by atoms with van der Waals surface area (Å²) in [5.74, 6) is 4.81. The van der Waals surface area contributed by atoms with E-state index in [0.29, 0.717) is 0 Å². The number of benzene rings is 1. The molecule has 0 aliphatic heterocycles. The van der Waals surface area contributed by atoms with Gasteiger partial charge in [0, 0.05) is 0 Å². The lowest BCUT2D eigenvalue weighted by Crippen LogP contribution is -2.20. The fourth-order valence-corrected chi connectivity index (χ4v) is 7.07. The van der Waals surface area contributed by atoms with Crippen molar-refractivity contribution >= 4 is 0 Å². The van der Waals surface area contributed by atoms with Gasteiger partial charge in [0.15, 0.2) is 0 Å². The van der Waals surface area contributed by atoms with Gasteiger partial charge in [-0.3, -0.25) is 0 Å². The van der Waals surface area contributed by atoms with Crippen LogP contribution in [0.1, 0.15) is 160 Å². The molecule has 2 aliphatic carbocycles. The Balaban J connectivity index is 1.29. The van der Waals surface area contributed by atoms with Crippen LogP contribution in [0, 0.1) is 17.8 Å². The molecule has 0 saturated heterocycles. The molecular formula is C34H58O. The average molecular weight is 483 g/mol. The molecule has 0 radical (unpaired) electrons. The maximum atomic E-state index is 6.18. The second-order valence-corrected chi connectivity index (χ2v) is 12.1. The van der Waals surface area contributed by atoms with Crippen molar-refractivity contribution in [1.82, 2.24) is 0 Å². The second kappa shape index (κ2) is 17.5. The molecule has 0 N–H and O–H groups in total.